The molecule has 3 aliphatic rings. The largest absolute Gasteiger partial charge is 0.491 e. The molecule has 1 spiro atoms. The van der Waals surface area contributed by atoms with Crippen LogP contribution in [0.1, 0.15) is 40.4 Å². The fraction of sp³-hybridized carbons (Fsp3) is 0.237. The number of nitrogens with zero attached hydrogens (tertiary/aromatic N) is 1. The third-order valence-electron chi connectivity index (χ3n) is 9.37. The molecule has 1 amide bonds. The SMILES string of the molecule is C=CCOC(=O)[C@@H]1[C@H]2C(=O)O[C@H](c3ccccc3)[C@H](c3ccccc3)N2[C@H](c2ccc(OCCO)cc2)[C@]12C(=O)Nc1ccccc12. The van der Waals surface area contributed by atoms with E-state index in [0.717, 1.165) is 11.1 Å². The van der Waals surface area contributed by atoms with Gasteiger partial charge in [-0.3, -0.25) is 19.3 Å². The second-order valence-electron chi connectivity index (χ2n) is 11.8. The Morgan fingerprint density at radius 1 is 0.872 bits per heavy atom. The molecule has 0 aromatic heterocycles. The molecule has 2 fully saturated rings. The van der Waals surface area contributed by atoms with Crippen molar-refractivity contribution in [3.63, 3.8) is 0 Å². The van der Waals surface area contributed by atoms with Crippen LogP contribution in [0, 0.1) is 5.92 Å². The minimum atomic E-state index is -1.58. The number of para-hydroxylation sites is 1. The van der Waals surface area contributed by atoms with Crippen LogP contribution in [0.4, 0.5) is 5.69 Å². The molecule has 4 aromatic carbocycles. The number of esters is 2. The molecule has 0 bridgehead atoms. The van der Waals surface area contributed by atoms with Crippen molar-refractivity contribution < 1.29 is 33.7 Å². The number of cyclic esters (lactones) is 1. The first-order chi connectivity index (χ1) is 23.0. The topological polar surface area (TPSA) is 114 Å². The molecule has 0 aliphatic carbocycles. The van der Waals surface area contributed by atoms with Gasteiger partial charge in [-0.15, -0.1) is 0 Å². The van der Waals surface area contributed by atoms with E-state index >= 15 is 0 Å². The van der Waals surface area contributed by atoms with Crippen molar-refractivity contribution in [1.29, 1.82) is 0 Å². The van der Waals surface area contributed by atoms with Crippen molar-refractivity contribution in [2.45, 2.75) is 29.6 Å². The van der Waals surface area contributed by atoms with Crippen LogP contribution in [0.3, 0.4) is 0 Å². The van der Waals surface area contributed by atoms with Gasteiger partial charge in [-0.25, -0.2) is 0 Å². The van der Waals surface area contributed by atoms with E-state index in [1.54, 1.807) is 18.2 Å². The first-order valence-electron chi connectivity index (χ1n) is 15.6. The van der Waals surface area contributed by atoms with Crippen molar-refractivity contribution in [1.82, 2.24) is 4.90 Å². The van der Waals surface area contributed by atoms with Gasteiger partial charge in [-0.2, -0.15) is 0 Å². The van der Waals surface area contributed by atoms with Crippen molar-refractivity contribution in [2.75, 3.05) is 25.1 Å². The number of morpholine rings is 1. The number of nitrogens with one attached hydrogen (secondary N) is 1. The number of aliphatic hydroxyl groups is 1. The van der Waals surface area contributed by atoms with Gasteiger partial charge < -0.3 is 24.6 Å². The number of anilines is 1. The maximum absolute atomic E-state index is 14.7. The van der Waals surface area contributed by atoms with E-state index < -0.39 is 53.4 Å². The highest BCUT2D eigenvalue weighted by molar-refractivity contribution is 6.11. The summed E-state index contributed by atoms with van der Waals surface area (Å²) in [7, 11) is 0. The van der Waals surface area contributed by atoms with Crippen LogP contribution in [0.25, 0.3) is 0 Å². The van der Waals surface area contributed by atoms with E-state index in [-0.39, 0.29) is 19.8 Å². The minimum Gasteiger partial charge on any atom is -0.491 e. The van der Waals surface area contributed by atoms with Crippen LogP contribution < -0.4 is 10.1 Å². The van der Waals surface area contributed by atoms with Gasteiger partial charge in [0.25, 0.3) is 0 Å². The number of fused-ring (bicyclic) bond motifs is 3. The number of hydrogen-bond acceptors (Lipinski definition) is 8. The van der Waals surface area contributed by atoms with Gasteiger partial charge in [0.1, 0.15) is 42.4 Å². The fourth-order valence-electron chi connectivity index (χ4n) is 7.66. The molecular formula is C38H34N2O7. The van der Waals surface area contributed by atoms with Gasteiger partial charge in [0.05, 0.1) is 18.7 Å². The maximum atomic E-state index is 14.7. The number of carbonyl (C=O) groups is 3. The van der Waals surface area contributed by atoms with Gasteiger partial charge in [-0.05, 0) is 40.5 Å². The first kappa shape index (κ1) is 30.4. The quantitative estimate of drug-likeness (QED) is 0.195. The van der Waals surface area contributed by atoms with Crippen molar-refractivity contribution in [3.05, 3.63) is 144 Å². The maximum Gasteiger partial charge on any atom is 0.325 e. The third kappa shape index (κ3) is 4.90. The van der Waals surface area contributed by atoms with Gasteiger partial charge in [0.15, 0.2) is 0 Å². The van der Waals surface area contributed by atoms with Gasteiger partial charge >= 0.3 is 11.9 Å². The standard InChI is InChI=1S/C38H34N2O7/c1-2-22-46-35(42)30-32-36(43)47-33(25-13-7-4-8-14-25)31(24-11-5-3-6-12-24)40(32)34(26-17-19-27(20-18-26)45-23-21-41)38(30)28-15-9-10-16-29(28)39-37(38)44/h2-20,30-34,41H,1,21-23H2,(H,39,44)/t30-,31-,32-,33+,34+,38+/m0/s1. The molecule has 238 valence electrons. The van der Waals surface area contributed by atoms with E-state index in [4.69, 9.17) is 14.2 Å². The molecule has 3 aliphatic heterocycles. The number of carbonyl (C=O) groups excluding carboxylic acids is 3. The zero-order chi connectivity index (χ0) is 32.5. The second kappa shape index (κ2) is 12.5. The summed E-state index contributed by atoms with van der Waals surface area (Å²) in [5, 5.41) is 12.3. The fourth-order valence-corrected chi connectivity index (χ4v) is 7.66. The molecule has 4 aromatic rings. The molecule has 2 saturated heterocycles. The smallest absolute Gasteiger partial charge is 0.325 e. The first-order valence-corrected chi connectivity index (χ1v) is 15.6. The van der Waals surface area contributed by atoms with Gasteiger partial charge in [-0.1, -0.05) is 104 Å². The molecule has 2 N–H and O–H groups in total. The summed E-state index contributed by atoms with van der Waals surface area (Å²) in [5.74, 6) is -2.45. The Balaban J connectivity index is 1.52. The van der Waals surface area contributed by atoms with Crippen LogP contribution in [0.2, 0.25) is 0 Å². The number of ether oxygens (including phenoxy) is 3. The van der Waals surface area contributed by atoms with Crippen LogP contribution >= 0.6 is 0 Å². The van der Waals surface area contributed by atoms with Crippen LogP contribution in [-0.4, -0.2) is 53.7 Å². The molecule has 47 heavy (non-hydrogen) atoms. The summed E-state index contributed by atoms with van der Waals surface area (Å²) in [6, 6.07) is 31.1. The predicted octanol–water partition coefficient (Wildman–Crippen LogP) is 5.06. The Bertz CT molecular complexity index is 1800. The van der Waals surface area contributed by atoms with Crippen molar-refractivity contribution in [3.8, 4) is 5.75 Å². The second-order valence-corrected chi connectivity index (χ2v) is 11.8. The van der Waals surface area contributed by atoms with E-state index in [2.05, 4.69) is 11.9 Å². The zero-order valence-corrected chi connectivity index (χ0v) is 25.5. The lowest BCUT2D eigenvalue weighted by atomic mass is 9.65. The molecule has 0 unspecified atom stereocenters. The Morgan fingerprint density at radius 2 is 1.53 bits per heavy atom. The third-order valence-corrected chi connectivity index (χ3v) is 9.37. The molecule has 3 heterocycles. The van der Waals surface area contributed by atoms with E-state index in [1.807, 2.05) is 95.9 Å². The summed E-state index contributed by atoms with van der Waals surface area (Å²) >= 11 is 0. The van der Waals surface area contributed by atoms with Crippen molar-refractivity contribution >= 4 is 23.5 Å². The highest BCUT2D eigenvalue weighted by atomic mass is 16.6. The molecule has 6 atom stereocenters. The molecular weight excluding hydrogens is 596 g/mol. The zero-order valence-electron chi connectivity index (χ0n) is 25.5. The monoisotopic (exact) mass is 630 g/mol. The van der Waals surface area contributed by atoms with Crippen molar-refractivity contribution in [2.24, 2.45) is 5.92 Å². The molecule has 0 saturated carbocycles. The van der Waals surface area contributed by atoms with E-state index in [0.29, 0.717) is 22.6 Å². The van der Waals surface area contributed by atoms with Crippen LogP contribution in [0.5, 0.6) is 5.75 Å². The summed E-state index contributed by atoms with van der Waals surface area (Å²) in [5.41, 5.74) is 1.92. The Morgan fingerprint density at radius 3 is 2.21 bits per heavy atom. The molecule has 9 nitrogen and oxygen atoms in total. The normalized spacial score (nSPS) is 26.2. The lowest BCUT2D eigenvalue weighted by Gasteiger charge is -2.46. The Hall–Kier alpha value is -5.25. The number of rotatable bonds is 9. The number of amides is 1. The van der Waals surface area contributed by atoms with Gasteiger partial charge in [0.2, 0.25) is 5.91 Å². The molecule has 9 heteroatoms. The average molecular weight is 631 g/mol. The molecule has 0 radical (unpaired) electrons. The lowest BCUT2D eigenvalue weighted by molar-refractivity contribution is -0.180. The average Bonchev–Trinajstić information content (AvgIpc) is 3.59. The summed E-state index contributed by atoms with van der Waals surface area (Å²) in [6.07, 6.45) is 0.705. The highest BCUT2D eigenvalue weighted by Gasteiger charge is 2.74. The van der Waals surface area contributed by atoms with Crippen LogP contribution in [-0.2, 0) is 29.3 Å². The number of aliphatic hydroxyl groups excluding tert-OH is 1. The highest BCUT2D eigenvalue weighted by Crippen LogP contribution is 2.64. The number of benzene rings is 4. The minimum absolute atomic E-state index is 0.0905. The predicted molar refractivity (Wildman–Crippen MR) is 173 cm³/mol. The number of hydrogen-bond donors (Lipinski definition) is 2. The Kier molecular flexibility index (Phi) is 8.09. The molecule has 7 rings (SSSR count). The summed E-state index contributed by atoms with van der Waals surface area (Å²) in [6.45, 7) is 3.58. The van der Waals surface area contributed by atoms with E-state index in [9.17, 15) is 19.5 Å². The van der Waals surface area contributed by atoms with Crippen LogP contribution in [0.15, 0.2) is 122 Å². The summed E-state index contributed by atoms with van der Waals surface area (Å²) < 4.78 is 17.7. The summed E-state index contributed by atoms with van der Waals surface area (Å²) in [4.78, 5) is 45.5. The van der Waals surface area contributed by atoms with Gasteiger partial charge in [0, 0.05) is 5.69 Å². The Labute approximate surface area is 272 Å². The van der Waals surface area contributed by atoms with E-state index in [1.165, 1.54) is 6.08 Å². The lowest BCUT2D eigenvalue weighted by Crippen LogP contribution is -2.52.